The lowest BCUT2D eigenvalue weighted by Crippen LogP contribution is -2.19. The first-order chi connectivity index (χ1) is 3.81. The molecule has 2 N–H and O–H groups in total. The highest BCUT2D eigenvalue weighted by Crippen LogP contribution is 1.91. The lowest BCUT2D eigenvalue weighted by molar-refractivity contribution is 0.254. The monoisotopic (exact) mass is 114 g/mol. The van der Waals surface area contributed by atoms with Gasteiger partial charge in [0, 0.05) is 6.54 Å². The van der Waals surface area contributed by atoms with Gasteiger partial charge in [0.05, 0.1) is 0 Å². The van der Waals surface area contributed by atoms with Crippen LogP contribution in [0.2, 0.25) is 0 Å². The molecule has 0 aromatic rings. The SMILES string of the molecule is C=CCN[C](O)CC. The Kier molecular flexibility index (Phi) is 4.61. The highest BCUT2D eigenvalue weighted by molar-refractivity contribution is 4.77. The maximum Gasteiger partial charge on any atom is 0.158 e. The van der Waals surface area contributed by atoms with E-state index in [1.807, 2.05) is 6.92 Å². The first-order valence-corrected chi connectivity index (χ1v) is 2.70. The molecule has 0 heterocycles. The molecule has 0 aliphatic carbocycles. The van der Waals surface area contributed by atoms with Gasteiger partial charge in [-0.15, -0.1) is 6.58 Å². The van der Waals surface area contributed by atoms with E-state index in [4.69, 9.17) is 5.11 Å². The summed E-state index contributed by atoms with van der Waals surface area (Å²) in [5.41, 5.74) is 0. The van der Waals surface area contributed by atoms with E-state index in [0.29, 0.717) is 19.2 Å². The van der Waals surface area contributed by atoms with E-state index >= 15 is 0 Å². The summed E-state index contributed by atoms with van der Waals surface area (Å²) in [6, 6.07) is 0. The molecule has 0 saturated heterocycles. The zero-order valence-corrected chi connectivity index (χ0v) is 5.15. The van der Waals surface area contributed by atoms with Crippen LogP contribution in [0.1, 0.15) is 13.3 Å². The summed E-state index contributed by atoms with van der Waals surface area (Å²) in [5.74, 6) is 0. The highest BCUT2D eigenvalue weighted by Gasteiger charge is 1.95. The number of hydrogen-bond acceptors (Lipinski definition) is 2. The molecular weight excluding hydrogens is 102 g/mol. The Morgan fingerprint density at radius 2 is 2.50 bits per heavy atom. The van der Waals surface area contributed by atoms with E-state index in [1.54, 1.807) is 6.08 Å². The van der Waals surface area contributed by atoms with Crippen molar-refractivity contribution in [2.75, 3.05) is 6.54 Å². The Balaban J connectivity index is 2.97. The van der Waals surface area contributed by atoms with Gasteiger partial charge < -0.3 is 5.11 Å². The number of hydrogen-bond donors (Lipinski definition) is 2. The third kappa shape index (κ3) is 3.84. The van der Waals surface area contributed by atoms with Crippen molar-refractivity contribution in [3.05, 3.63) is 18.9 Å². The van der Waals surface area contributed by atoms with E-state index in [0.717, 1.165) is 0 Å². The molecule has 0 spiro atoms. The minimum atomic E-state index is 0.324. The Labute approximate surface area is 50.2 Å². The van der Waals surface area contributed by atoms with Crippen LogP contribution < -0.4 is 5.32 Å². The number of aliphatic hydroxyl groups excluding tert-OH is 1. The molecule has 0 aromatic heterocycles. The van der Waals surface area contributed by atoms with Gasteiger partial charge in [-0.05, 0) is 6.42 Å². The predicted octanol–water partition coefficient (Wildman–Crippen LogP) is 1.03. The van der Waals surface area contributed by atoms with Gasteiger partial charge >= 0.3 is 0 Å². The Hall–Kier alpha value is -0.340. The van der Waals surface area contributed by atoms with Crippen LogP contribution >= 0.6 is 0 Å². The van der Waals surface area contributed by atoms with Crippen LogP contribution in [-0.4, -0.2) is 11.7 Å². The maximum absolute atomic E-state index is 8.75. The second-order valence-electron chi connectivity index (χ2n) is 1.47. The van der Waals surface area contributed by atoms with Gasteiger partial charge in [0.15, 0.2) is 6.23 Å². The standard InChI is InChI=1S/C6H12NO/c1-3-5-7-6(8)4-2/h3,7-8H,1,4-5H2,2H3. The fourth-order valence-corrected chi connectivity index (χ4v) is 0.315. The quantitative estimate of drug-likeness (QED) is 0.535. The van der Waals surface area contributed by atoms with Crippen molar-refractivity contribution in [3.8, 4) is 0 Å². The van der Waals surface area contributed by atoms with E-state index in [2.05, 4.69) is 11.9 Å². The van der Waals surface area contributed by atoms with Crippen LogP contribution in [0.15, 0.2) is 12.7 Å². The van der Waals surface area contributed by atoms with Gasteiger partial charge in [-0.3, -0.25) is 5.32 Å². The van der Waals surface area contributed by atoms with Gasteiger partial charge in [0.2, 0.25) is 0 Å². The van der Waals surface area contributed by atoms with Gasteiger partial charge in [0.25, 0.3) is 0 Å². The van der Waals surface area contributed by atoms with Gasteiger partial charge in [-0.25, -0.2) is 0 Å². The van der Waals surface area contributed by atoms with Crippen molar-refractivity contribution in [2.24, 2.45) is 0 Å². The first-order valence-electron chi connectivity index (χ1n) is 2.70. The average molecular weight is 114 g/mol. The van der Waals surface area contributed by atoms with Crippen LogP contribution in [0.25, 0.3) is 0 Å². The molecule has 0 aromatic carbocycles. The molecule has 0 bridgehead atoms. The number of nitrogens with one attached hydrogen (secondary N) is 1. The lowest BCUT2D eigenvalue weighted by atomic mass is 10.4. The van der Waals surface area contributed by atoms with Crippen LogP contribution in [0.4, 0.5) is 0 Å². The summed E-state index contributed by atoms with van der Waals surface area (Å²) in [6.07, 6.45) is 2.68. The zero-order valence-electron chi connectivity index (χ0n) is 5.15. The average Bonchev–Trinajstić information content (AvgIpc) is 1.83. The number of aliphatic hydroxyl groups is 1. The maximum atomic E-state index is 8.75. The predicted molar refractivity (Wildman–Crippen MR) is 33.7 cm³/mol. The van der Waals surface area contributed by atoms with Crippen molar-refractivity contribution in [1.82, 2.24) is 5.32 Å². The smallest absolute Gasteiger partial charge is 0.158 e. The van der Waals surface area contributed by atoms with Crippen molar-refractivity contribution < 1.29 is 5.11 Å². The summed E-state index contributed by atoms with van der Waals surface area (Å²) in [5, 5.41) is 11.5. The van der Waals surface area contributed by atoms with E-state index in [1.165, 1.54) is 0 Å². The minimum absolute atomic E-state index is 0.324. The summed E-state index contributed by atoms with van der Waals surface area (Å²) in [4.78, 5) is 0. The molecular formula is C6H12NO. The third-order valence-corrected chi connectivity index (χ3v) is 0.785. The fourth-order valence-electron chi connectivity index (χ4n) is 0.315. The van der Waals surface area contributed by atoms with Crippen molar-refractivity contribution >= 4 is 0 Å². The van der Waals surface area contributed by atoms with Crippen LogP contribution in [0.5, 0.6) is 0 Å². The molecule has 1 radical (unpaired) electrons. The van der Waals surface area contributed by atoms with Gasteiger partial charge in [-0.1, -0.05) is 13.0 Å². The van der Waals surface area contributed by atoms with Crippen LogP contribution in [0, 0.1) is 6.23 Å². The van der Waals surface area contributed by atoms with Gasteiger partial charge in [0.1, 0.15) is 0 Å². The molecule has 0 saturated carbocycles. The highest BCUT2D eigenvalue weighted by atomic mass is 16.3. The Morgan fingerprint density at radius 3 is 2.88 bits per heavy atom. The minimum Gasteiger partial charge on any atom is -0.371 e. The Morgan fingerprint density at radius 1 is 1.88 bits per heavy atom. The molecule has 0 amide bonds. The molecule has 0 aliphatic heterocycles. The van der Waals surface area contributed by atoms with Crippen LogP contribution in [0.3, 0.4) is 0 Å². The van der Waals surface area contributed by atoms with Crippen molar-refractivity contribution in [1.29, 1.82) is 0 Å². The summed E-state index contributed by atoms with van der Waals surface area (Å²) < 4.78 is 0. The lowest BCUT2D eigenvalue weighted by Gasteiger charge is -2.03. The molecule has 8 heavy (non-hydrogen) atoms. The summed E-state index contributed by atoms with van der Waals surface area (Å²) in [7, 11) is 0. The Bertz CT molecular complexity index is 63.5. The largest absolute Gasteiger partial charge is 0.371 e. The van der Waals surface area contributed by atoms with E-state index in [9.17, 15) is 0 Å². The molecule has 0 unspecified atom stereocenters. The normalized spacial score (nSPS) is 9.88. The molecule has 0 aliphatic rings. The molecule has 2 nitrogen and oxygen atoms in total. The van der Waals surface area contributed by atoms with Crippen LogP contribution in [-0.2, 0) is 0 Å². The molecule has 0 atom stereocenters. The van der Waals surface area contributed by atoms with Gasteiger partial charge in [-0.2, -0.15) is 0 Å². The van der Waals surface area contributed by atoms with Crippen molar-refractivity contribution in [3.63, 3.8) is 0 Å². The fraction of sp³-hybridized carbons (Fsp3) is 0.500. The molecule has 2 heteroatoms. The number of rotatable bonds is 4. The molecule has 47 valence electrons. The third-order valence-electron chi connectivity index (χ3n) is 0.785. The van der Waals surface area contributed by atoms with E-state index < -0.39 is 0 Å². The van der Waals surface area contributed by atoms with Crippen molar-refractivity contribution in [2.45, 2.75) is 13.3 Å². The summed E-state index contributed by atoms with van der Waals surface area (Å²) in [6.45, 7) is 6.00. The molecule has 0 rings (SSSR count). The summed E-state index contributed by atoms with van der Waals surface area (Å²) >= 11 is 0. The second kappa shape index (κ2) is 4.81. The zero-order chi connectivity index (χ0) is 6.41. The first kappa shape index (κ1) is 7.66. The van der Waals surface area contributed by atoms with E-state index in [-0.39, 0.29) is 0 Å². The topological polar surface area (TPSA) is 32.3 Å². The molecule has 0 fully saturated rings. The second-order valence-corrected chi connectivity index (χ2v) is 1.47.